The molecule has 2 aromatic carbocycles. The molecule has 1 aromatic heterocycles. The average Bonchev–Trinajstić information content (AvgIpc) is 3.12. The van der Waals surface area contributed by atoms with Gasteiger partial charge in [-0.3, -0.25) is 19.3 Å². The zero-order valence-electron chi connectivity index (χ0n) is 22.0. The summed E-state index contributed by atoms with van der Waals surface area (Å²) < 4.78 is 72.9. The first-order chi connectivity index (χ1) is 19.9. The Hall–Kier alpha value is -3.91. The largest absolute Gasteiger partial charge is 0.510 e. The van der Waals surface area contributed by atoms with E-state index >= 15 is 4.39 Å². The van der Waals surface area contributed by atoms with Gasteiger partial charge in [-0.15, -0.1) is 11.8 Å². The zero-order chi connectivity index (χ0) is 30.3. The van der Waals surface area contributed by atoms with Gasteiger partial charge in [0.1, 0.15) is 18.5 Å². The number of hydrogen-bond donors (Lipinski definition) is 0. The van der Waals surface area contributed by atoms with E-state index in [4.69, 9.17) is 16.3 Å². The Morgan fingerprint density at radius 3 is 2.57 bits per heavy atom. The van der Waals surface area contributed by atoms with Crippen molar-refractivity contribution in [3.8, 4) is 5.75 Å². The summed E-state index contributed by atoms with van der Waals surface area (Å²) in [7, 11) is 1.04. The Morgan fingerprint density at radius 1 is 1.14 bits per heavy atom. The van der Waals surface area contributed by atoms with Crippen LogP contribution in [-0.2, 0) is 15.2 Å². The van der Waals surface area contributed by atoms with Crippen LogP contribution in [0.1, 0.15) is 40.1 Å². The van der Waals surface area contributed by atoms with Gasteiger partial charge in [-0.25, -0.2) is 9.18 Å². The maximum atomic E-state index is 15.2. The summed E-state index contributed by atoms with van der Waals surface area (Å²) in [6.07, 6.45) is -4.76. The van der Waals surface area contributed by atoms with Crippen LogP contribution in [-0.4, -0.2) is 54.4 Å². The van der Waals surface area contributed by atoms with Crippen LogP contribution < -0.4 is 15.2 Å². The fourth-order valence-corrected chi connectivity index (χ4v) is 6.36. The predicted molar refractivity (Wildman–Crippen MR) is 144 cm³/mol. The summed E-state index contributed by atoms with van der Waals surface area (Å²) >= 11 is 7.73. The number of benzene rings is 2. The zero-order valence-corrected chi connectivity index (χ0v) is 23.6. The SMILES string of the molecule is COC(=O)OCOc1c2n(ccc1=O)N([C@H]1c3cccc(Cl)c3CSc3c(F)cccc31)CN([C@H](C)C(F)(F)F)C2=O. The highest BCUT2D eigenvalue weighted by atomic mass is 35.5. The molecular weight excluding hydrogens is 606 g/mol. The van der Waals surface area contributed by atoms with Gasteiger partial charge in [-0.1, -0.05) is 35.9 Å². The highest BCUT2D eigenvalue weighted by Gasteiger charge is 2.48. The molecule has 9 nitrogen and oxygen atoms in total. The van der Waals surface area contributed by atoms with Gasteiger partial charge < -0.3 is 19.1 Å². The first-order valence-corrected chi connectivity index (χ1v) is 13.7. The van der Waals surface area contributed by atoms with Crippen LogP contribution in [0.4, 0.5) is 22.4 Å². The Morgan fingerprint density at radius 2 is 1.86 bits per heavy atom. The minimum atomic E-state index is -4.84. The van der Waals surface area contributed by atoms with Crippen molar-refractivity contribution in [3.05, 3.63) is 92.1 Å². The van der Waals surface area contributed by atoms with Crippen LogP contribution in [0, 0.1) is 5.82 Å². The second kappa shape index (κ2) is 11.4. The number of methoxy groups -OCH3 is 1. The lowest BCUT2D eigenvalue weighted by Crippen LogP contribution is -2.60. The Labute approximate surface area is 245 Å². The van der Waals surface area contributed by atoms with E-state index in [1.807, 2.05) is 0 Å². The maximum absolute atomic E-state index is 15.2. The number of amides is 1. The summed E-state index contributed by atoms with van der Waals surface area (Å²) in [5.74, 6) is -2.07. The quantitative estimate of drug-likeness (QED) is 0.209. The lowest BCUT2D eigenvalue weighted by Gasteiger charge is -2.46. The van der Waals surface area contributed by atoms with Crippen LogP contribution >= 0.6 is 23.4 Å². The van der Waals surface area contributed by atoms with Crippen molar-refractivity contribution < 1.29 is 41.4 Å². The standard InChI is InChI=1S/C27H22ClF4N3O6S/c1-14(27(30,31)32)33-12-35(34-10-9-20(36)23(22(34)25(33)37)40-13-41-26(38)39-2)21-15-5-3-7-18(28)17(15)11-42-24-16(21)6-4-8-19(24)29/h3-10,14,21H,11-13H2,1-2H3/t14-,21+/m1/s1. The average molecular weight is 628 g/mol. The molecule has 42 heavy (non-hydrogen) atoms. The number of halogens is 5. The second-order valence-electron chi connectivity index (χ2n) is 9.29. The topological polar surface area (TPSA) is 90.3 Å². The molecule has 0 fully saturated rings. The molecule has 2 atom stereocenters. The van der Waals surface area contributed by atoms with Crippen molar-refractivity contribution in [1.29, 1.82) is 0 Å². The number of rotatable bonds is 5. The molecule has 15 heteroatoms. The highest BCUT2D eigenvalue weighted by molar-refractivity contribution is 7.98. The second-order valence-corrected chi connectivity index (χ2v) is 10.7. The Bertz CT molecular complexity index is 1560. The fraction of sp³-hybridized carbons (Fsp3) is 0.296. The van der Waals surface area contributed by atoms with E-state index in [9.17, 15) is 27.6 Å². The van der Waals surface area contributed by atoms with E-state index in [0.717, 1.165) is 20.1 Å². The smallest absolute Gasteiger partial charge is 0.451 e. The third kappa shape index (κ3) is 5.24. The van der Waals surface area contributed by atoms with E-state index in [1.54, 1.807) is 24.3 Å². The summed E-state index contributed by atoms with van der Waals surface area (Å²) in [6, 6.07) is 7.24. The van der Waals surface area contributed by atoms with Crippen molar-refractivity contribution in [2.45, 2.75) is 35.8 Å². The summed E-state index contributed by atoms with van der Waals surface area (Å²) in [6.45, 7) is -0.659. The van der Waals surface area contributed by atoms with E-state index in [1.165, 1.54) is 39.8 Å². The van der Waals surface area contributed by atoms with Crippen molar-refractivity contribution in [1.82, 2.24) is 9.58 Å². The van der Waals surface area contributed by atoms with Gasteiger partial charge in [-0.05, 0) is 35.7 Å². The number of aromatic nitrogens is 1. The summed E-state index contributed by atoms with van der Waals surface area (Å²) in [5.41, 5.74) is 0.209. The van der Waals surface area contributed by atoms with Crippen LogP contribution in [0.5, 0.6) is 5.75 Å². The number of thioether (sulfide) groups is 1. The van der Waals surface area contributed by atoms with Gasteiger partial charge in [0.15, 0.2) is 5.69 Å². The van der Waals surface area contributed by atoms with E-state index in [-0.39, 0.29) is 10.6 Å². The van der Waals surface area contributed by atoms with Crippen molar-refractivity contribution >= 4 is 35.4 Å². The number of alkyl halides is 3. The first kappa shape index (κ1) is 29.6. The normalized spacial score (nSPS) is 17.0. The Kier molecular flexibility index (Phi) is 8.03. The number of carbonyl (C=O) groups is 2. The molecular formula is C27H22ClF4N3O6S. The van der Waals surface area contributed by atoms with Gasteiger partial charge in [0.05, 0.1) is 13.2 Å². The highest BCUT2D eigenvalue weighted by Crippen LogP contribution is 2.46. The number of fused-ring (bicyclic) bond motifs is 3. The fourth-order valence-electron chi connectivity index (χ4n) is 4.87. The molecule has 0 saturated heterocycles. The van der Waals surface area contributed by atoms with Crippen LogP contribution in [0.3, 0.4) is 0 Å². The third-order valence-electron chi connectivity index (χ3n) is 6.96. The minimum Gasteiger partial charge on any atom is -0.451 e. The molecule has 0 spiro atoms. The van der Waals surface area contributed by atoms with E-state index < -0.39 is 66.5 Å². The first-order valence-electron chi connectivity index (χ1n) is 12.4. The van der Waals surface area contributed by atoms with Crippen LogP contribution in [0.15, 0.2) is 58.4 Å². The maximum Gasteiger partial charge on any atom is 0.510 e. The van der Waals surface area contributed by atoms with Gasteiger partial charge in [-0.2, -0.15) is 13.2 Å². The molecule has 0 radical (unpaired) electrons. The number of nitrogens with zero attached hydrogens (tertiary/aromatic N) is 3. The molecule has 0 aliphatic carbocycles. The molecule has 3 aromatic rings. The lowest BCUT2D eigenvalue weighted by molar-refractivity contribution is -0.173. The minimum absolute atomic E-state index is 0.257. The number of hydrogen-bond acceptors (Lipinski definition) is 8. The van der Waals surface area contributed by atoms with E-state index in [2.05, 4.69) is 9.47 Å². The molecule has 222 valence electrons. The van der Waals surface area contributed by atoms with Gasteiger partial charge in [0.2, 0.25) is 18.0 Å². The summed E-state index contributed by atoms with van der Waals surface area (Å²) in [4.78, 5) is 38.8. The predicted octanol–water partition coefficient (Wildman–Crippen LogP) is 5.46. The monoisotopic (exact) mass is 627 g/mol. The van der Waals surface area contributed by atoms with Crippen LogP contribution in [0.2, 0.25) is 5.02 Å². The molecule has 1 amide bonds. The molecule has 0 unspecified atom stereocenters. The lowest BCUT2D eigenvalue weighted by atomic mass is 9.94. The van der Waals surface area contributed by atoms with Gasteiger partial charge in [0.25, 0.3) is 5.91 Å². The van der Waals surface area contributed by atoms with Gasteiger partial charge >= 0.3 is 12.3 Å². The number of ether oxygens (including phenoxy) is 3. The molecule has 2 aliphatic heterocycles. The molecule has 3 heterocycles. The summed E-state index contributed by atoms with van der Waals surface area (Å²) in [5, 5.41) is 1.78. The van der Waals surface area contributed by atoms with Crippen molar-refractivity contribution in [3.63, 3.8) is 0 Å². The molecule has 5 rings (SSSR count). The molecule has 0 saturated carbocycles. The number of pyridine rings is 1. The molecule has 0 N–H and O–H groups in total. The molecule has 2 aliphatic rings. The van der Waals surface area contributed by atoms with Crippen molar-refractivity contribution in [2.75, 3.05) is 25.6 Å². The third-order valence-corrected chi connectivity index (χ3v) is 8.47. The van der Waals surface area contributed by atoms with Crippen molar-refractivity contribution in [2.24, 2.45) is 0 Å². The van der Waals surface area contributed by atoms with Gasteiger partial charge in [0, 0.05) is 27.9 Å². The van der Waals surface area contributed by atoms with E-state index in [0.29, 0.717) is 26.6 Å². The van der Waals surface area contributed by atoms with Crippen LogP contribution in [0.25, 0.3) is 0 Å². The molecule has 0 bridgehead atoms. The number of carbonyl (C=O) groups excluding carboxylic acids is 2. The Balaban J connectivity index is 1.75.